The second kappa shape index (κ2) is 8.13. The number of nitrogens with two attached hydrogens (primary N) is 1. The number of aryl methyl sites for hydroxylation is 2. The van der Waals surface area contributed by atoms with Gasteiger partial charge in [0.25, 0.3) is 0 Å². The summed E-state index contributed by atoms with van der Waals surface area (Å²) in [6.45, 7) is 6.23. The number of fused-ring (bicyclic) bond motifs is 1. The van der Waals surface area contributed by atoms with E-state index in [1.807, 2.05) is 50.2 Å². The number of nitrogens with one attached hydrogen (secondary N) is 1. The smallest absolute Gasteiger partial charge is 0.239 e. The molecule has 26 heavy (non-hydrogen) atoms. The van der Waals surface area contributed by atoms with Crippen LogP contribution >= 0.6 is 0 Å². The first-order valence-electron chi connectivity index (χ1n) is 9.14. The lowest BCUT2D eigenvalue weighted by Crippen LogP contribution is -2.41. The van der Waals surface area contributed by atoms with Crippen LogP contribution < -0.4 is 20.7 Å². The average molecular weight is 353 g/mol. The Hall–Kier alpha value is -2.69. The van der Waals surface area contributed by atoms with Crippen LogP contribution in [-0.4, -0.2) is 32.1 Å². The topological polar surface area (TPSA) is 67.6 Å². The third kappa shape index (κ3) is 4.10. The van der Waals surface area contributed by atoms with Gasteiger partial charge < -0.3 is 20.7 Å². The Morgan fingerprint density at radius 3 is 2.69 bits per heavy atom. The normalized spacial score (nSPS) is 13.2. The Morgan fingerprint density at radius 1 is 1.19 bits per heavy atom. The predicted molar refractivity (Wildman–Crippen MR) is 106 cm³/mol. The molecule has 0 fully saturated rings. The highest BCUT2D eigenvalue weighted by Gasteiger charge is 2.20. The number of amides is 1. The standard InChI is InChI=1S/C21H27N3O2/c1-15-6-3-7-16(2)21(15)26-13-11-23-20(25)14-24-12-5-8-17-18(22)9-4-10-19(17)24/h3-4,6-7,9-10H,5,8,11-14,22H2,1-2H3,(H,23,25). The molecule has 3 N–H and O–H groups in total. The molecule has 0 atom stereocenters. The fourth-order valence-electron chi connectivity index (χ4n) is 3.49. The van der Waals surface area contributed by atoms with Gasteiger partial charge in [-0.3, -0.25) is 4.79 Å². The number of ether oxygens (including phenoxy) is 1. The molecule has 1 aliphatic rings. The third-order valence-corrected chi connectivity index (χ3v) is 4.80. The third-order valence-electron chi connectivity index (χ3n) is 4.80. The summed E-state index contributed by atoms with van der Waals surface area (Å²) >= 11 is 0. The summed E-state index contributed by atoms with van der Waals surface area (Å²) < 4.78 is 5.84. The molecule has 0 unspecified atom stereocenters. The summed E-state index contributed by atoms with van der Waals surface area (Å²) in [5.41, 5.74) is 11.3. The minimum Gasteiger partial charge on any atom is -0.491 e. The van der Waals surface area contributed by atoms with Crippen LogP contribution in [0.15, 0.2) is 36.4 Å². The number of hydrogen-bond acceptors (Lipinski definition) is 4. The number of anilines is 2. The molecule has 1 heterocycles. The van der Waals surface area contributed by atoms with E-state index < -0.39 is 0 Å². The highest BCUT2D eigenvalue weighted by atomic mass is 16.5. The maximum Gasteiger partial charge on any atom is 0.239 e. The van der Waals surface area contributed by atoms with E-state index in [0.717, 1.165) is 53.2 Å². The molecule has 0 spiro atoms. The van der Waals surface area contributed by atoms with Crippen molar-refractivity contribution in [2.24, 2.45) is 0 Å². The van der Waals surface area contributed by atoms with Crippen LogP contribution in [0.3, 0.4) is 0 Å². The monoisotopic (exact) mass is 353 g/mol. The molecule has 0 saturated heterocycles. The largest absolute Gasteiger partial charge is 0.491 e. The van der Waals surface area contributed by atoms with Crippen LogP contribution in [0.1, 0.15) is 23.1 Å². The molecule has 3 rings (SSSR count). The summed E-state index contributed by atoms with van der Waals surface area (Å²) in [5, 5.41) is 2.95. The average Bonchev–Trinajstić information content (AvgIpc) is 2.61. The Bertz CT molecular complexity index is 769. The molecule has 0 saturated carbocycles. The van der Waals surface area contributed by atoms with Crippen LogP contribution in [-0.2, 0) is 11.2 Å². The molecular weight excluding hydrogens is 326 g/mol. The Balaban J connectivity index is 1.49. The molecule has 1 aliphatic heterocycles. The van der Waals surface area contributed by atoms with E-state index in [1.165, 1.54) is 0 Å². The van der Waals surface area contributed by atoms with Gasteiger partial charge in [0.2, 0.25) is 5.91 Å². The van der Waals surface area contributed by atoms with Gasteiger partial charge in [-0.25, -0.2) is 0 Å². The lowest BCUT2D eigenvalue weighted by Gasteiger charge is -2.31. The minimum absolute atomic E-state index is 0.00498. The van der Waals surface area contributed by atoms with Gasteiger partial charge in [-0.15, -0.1) is 0 Å². The lowest BCUT2D eigenvalue weighted by atomic mass is 10.00. The van der Waals surface area contributed by atoms with Crippen molar-refractivity contribution in [3.8, 4) is 5.75 Å². The molecule has 1 amide bonds. The summed E-state index contributed by atoms with van der Waals surface area (Å²) in [5.74, 6) is 0.910. The number of carbonyl (C=O) groups excluding carboxylic acids is 1. The van der Waals surface area contributed by atoms with E-state index in [0.29, 0.717) is 19.7 Å². The van der Waals surface area contributed by atoms with Crippen LogP contribution in [0, 0.1) is 13.8 Å². The molecule has 5 heteroatoms. The first-order chi connectivity index (χ1) is 12.6. The summed E-state index contributed by atoms with van der Waals surface area (Å²) in [6, 6.07) is 12.0. The highest BCUT2D eigenvalue weighted by molar-refractivity contribution is 5.82. The second-order valence-electron chi connectivity index (χ2n) is 6.79. The van der Waals surface area contributed by atoms with E-state index in [4.69, 9.17) is 10.5 Å². The van der Waals surface area contributed by atoms with Crippen molar-refractivity contribution in [2.75, 3.05) is 36.9 Å². The van der Waals surface area contributed by atoms with E-state index in [1.54, 1.807) is 0 Å². The number of carbonyl (C=O) groups is 1. The van der Waals surface area contributed by atoms with Gasteiger partial charge in [0.15, 0.2) is 0 Å². The molecular formula is C21H27N3O2. The van der Waals surface area contributed by atoms with Crippen molar-refractivity contribution < 1.29 is 9.53 Å². The molecule has 0 aromatic heterocycles. The van der Waals surface area contributed by atoms with E-state index >= 15 is 0 Å². The predicted octanol–water partition coefficient (Wildman–Crippen LogP) is 2.83. The maximum atomic E-state index is 12.3. The van der Waals surface area contributed by atoms with Gasteiger partial charge in [-0.1, -0.05) is 24.3 Å². The van der Waals surface area contributed by atoms with Crippen LogP contribution in [0.5, 0.6) is 5.75 Å². The van der Waals surface area contributed by atoms with Crippen molar-refractivity contribution in [3.63, 3.8) is 0 Å². The van der Waals surface area contributed by atoms with Gasteiger partial charge in [-0.05, 0) is 55.5 Å². The molecule has 2 aromatic carbocycles. The molecule has 138 valence electrons. The number of benzene rings is 2. The van der Waals surface area contributed by atoms with Crippen LogP contribution in [0.4, 0.5) is 11.4 Å². The first-order valence-corrected chi connectivity index (χ1v) is 9.14. The Labute approximate surface area is 155 Å². The Morgan fingerprint density at radius 2 is 1.92 bits per heavy atom. The molecule has 2 aromatic rings. The summed E-state index contributed by atoms with van der Waals surface area (Å²) in [4.78, 5) is 14.4. The SMILES string of the molecule is Cc1cccc(C)c1OCCNC(=O)CN1CCCc2c(N)cccc21. The number of nitrogens with zero attached hydrogens (tertiary/aromatic N) is 1. The van der Waals surface area contributed by atoms with E-state index in [2.05, 4.69) is 10.2 Å². The first kappa shape index (κ1) is 18.1. The molecule has 5 nitrogen and oxygen atoms in total. The number of nitrogen functional groups attached to an aromatic ring is 1. The number of rotatable bonds is 6. The second-order valence-corrected chi connectivity index (χ2v) is 6.79. The van der Waals surface area contributed by atoms with Crippen molar-refractivity contribution in [1.82, 2.24) is 5.32 Å². The lowest BCUT2D eigenvalue weighted by molar-refractivity contribution is -0.119. The van der Waals surface area contributed by atoms with Gasteiger partial charge >= 0.3 is 0 Å². The summed E-state index contributed by atoms with van der Waals surface area (Å²) in [7, 11) is 0. The molecule has 0 radical (unpaired) electrons. The van der Waals surface area contributed by atoms with Crippen molar-refractivity contribution in [3.05, 3.63) is 53.1 Å². The van der Waals surface area contributed by atoms with Gasteiger partial charge in [0.1, 0.15) is 12.4 Å². The van der Waals surface area contributed by atoms with Crippen LogP contribution in [0.25, 0.3) is 0 Å². The van der Waals surface area contributed by atoms with E-state index in [-0.39, 0.29) is 5.91 Å². The van der Waals surface area contributed by atoms with Crippen molar-refractivity contribution in [2.45, 2.75) is 26.7 Å². The quantitative estimate of drug-likeness (QED) is 0.619. The number of para-hydroxylation sites is 1. The van der Waals surface area contributed by atoms with Gasteiger partial charge in [0, 0.05) is 17.9 Å². The molecule has 0 aliphatic carbocycles. The van der Waals surface area contributed by atoms with E-state index in [9.17, 15) is 4.79 Å². The minimum atomic E-state index is 0.00498. The fraction of sp³-hybridized carbons (Fsp3) is 0.381. The molecule has 0 bridgehead atoms. The summed E-state index contributed by atoms with van der Waals surface area (Å²) in [6.07, 6.45) is 1.99. The van der Waals surface area contributed by atoms with Crippen LogP contribution in [0.2, 0.25) is 0 Å². The van der Waals surface area contributed by atoms with Crippen molar-refractivity contribution in [1.29, 1.82) is 0 Å². The van der Waals surface area contributed by atoms with Gasteiger partial charge in [-0.2, -0.15) is 0 Å². The fourth-order valence-corrected chi connectivity index (χ4v) is 3.49. The zero-order valence-electron chi connectivity index (χ0n) is 15.5. The highest BCUT2D eigenvalue weighted by Crippen LogP contribution is 2.30. The van der Waals surface area contributed by atoms with Crippen molar-refractivity contribution >= 4 is 17.3 Å². The zero-order chi connectivity index (χ0) is 18.5. The Kier molecular flexibility index (Phi) is 5.66. The maximum absolute atomic E-state index is 12.3. The number of hydrogen-bond donors (Lipinski definition) is 2. The zero-order valence-corrected chi connectivity index (χ0v) is 15.5. The van der Waals surface area contributed by atoms with Gasteiger partial charge in [0.05, 0.1) is 13.1 Å².